The van der Waals surface area contributed by atoms with Crippen molar-refractivity contribution in [2.24, 2.45) is 0 Å². The number of pyridine rings is 1. The Bertz CT molecular complexity index is 479. The maximum atomic E-state index is 12.0. The van der Waals surface area contributed by atoms with Gasteiger partial charge in [-0.2, -0.15) is 0 Å². The van der Waals surface area contributed by atoms with Gasteiger partial charge in [0.25, 0.3) is 5.56 Å². The van der Waals surface area contributed by atoms with Crippen LogP contribution in [0.2, 0.25) is 0 Å². The molecule has 1 atom stereocenters. The molecule has 1 aliphatic heterocycles. The molecule has 1 aliphatic rings. The molecule has 1 aromatic heterocycles. The number of aromatic nitrogens is 1. The van der Waals surface area contributed by atoms with Gasteiger partial charge in [0.2, 0.25) is 0 Å². The van der Waals surface area contributed by atoms with Crippen LogP contribution in [0.1, 0.15) is 32.3 Å². The number of halogens is 1. The van der Waals surface area contributed by atoms with Crippen LogP contribution in [0.4, 0.5) is 0 Å². The van der Waals surface area contributed by atoms with Crippen molar-refractivity contribution in [3.63, 3.8) is 0 Å². The number of rotatable bonds is 2. The molecule has 0 amide bonds. The van der Waals surface area contributed by atoms with Crippen LogP contribution in [0.15, 0.2) is 21.5 Å². The average molecular weight is 300 g/mol. The summed E-state index contributed by atoms with van der Waals surface area (Å²) in [6.07, 6.45) is 4.06. The molecule has 3 nitrogen and oxygen atoms in total. The van der Waals surface area contributed by atoms with Crippen LogP contribution >= 0.6 is 15.9 Å². The van der Waals surface area contributed by atoms with Gasteiger partial charge in [-0.15, -0.1) is 0 Å². The molecule has 0 spiro atoms. The zero-order valence-corrected chi connectivity index (χ0v) is 12.1. The van der Waals surface area contributed by atoms with Crippen LogP contribution in [0.25, 0.3) is 0 Å². The van der Waals surface area contributed by atoms with Crippen LogP contribution < -0.4 is 5.56 Å². The molecule has 2 rings (SSSR count). The Morgan fingerprint density at radius 1 is 1.59 bits per heavy atom. The summed E-state index contributed by atoms with van der Waals surface area (Å²) in [5.41, 5.74) is 0.785. The molecule has 1 saturated heterocycles. The zero-order valence-electron chi connectivity index (χ0n) is 10.5. The van der Waals surface area contributed by atoms with Crippen molar-refractivity contribution in [1.29, 1.82) is 0 Å². The standard InChI is InChI=1S/C13H18BrNO2/c1-9-6-10(14)7-15(12(9)16)8-11-4-5-13(2,3)17-11/h6-7,11H,4-5,8H2,1-3H3. The smallest absolute Gasteiger partial charge is 0.253 e. The van der Waals surface area contributed by atoms with Gasteiger partial charge in [0.15, 0.2) is 0 Å². The van der Waals surface area contributed by atoms with E-state index >= 15 is 0 Å². The fourth-order valence-electron chi connectivity index (χ4n) is 2.30. The summed E-state index contributed by atoms with van der Waals surface area (Å²) >= 11 is 3.42. The summed E-state index contributed by atoms with van der Waals surface area (Å²) < 4.78 is 8.59. The first-order chi connectivity index (χ1) is 7.87. The van der Waals surface area contributed by atoms with Gasteiger partial charge >= 0.3 is 0 Å². The molecular weight excluding hydrogens is 282 g/mol. The second-order valence-corrected chi connectivity index (χ2v) is 6.25. The van der Waals surface area contributed by atoms with E-state index in [-0.39, 0.29) is 17.3 Å². The molecule has 1 aromatic rings. The van der Waals surface area contributed by atoms with Crippen molar-refractivity contribution in [2.45, 2.75) is 51.9 Å². The largest absolute Gasteiger partial charge is 0.370 e. The van der Waals surface area contributed by atoms with Gasteiger partial charge in [-0.1, -0.05) is 0 Å². The van der Waals surface area contributed by atoms with E-state index in [4.69, 9.17) is 4.74 Å². The lowest BCUT2D eigenvalue weighted by molar-refractivity contribution is -0.0220. The maximum absolute atomic E-state index is 12.0. The first-order valence-electron chi connectivity index (χ1n) is 5.92. The minimum Gasteiger partial charge on any atom is -0.370 e. The highest BCUT2D eigenvalue weighted by molar-refractivity contribution is 9.10. The molecule has 0 bridgehead atoms. The Labute approximate surface area is 110 Å². The molecule has 0 radical (unpaired) electrons. The molecule has 0 aromatic carbocycles. The predicted molar refractivity (Wildman–Crippen MR) is 71.3 cm³/mol. The second kappa shape index (κ2) is 4.58. The topological polar surface area (TPSA) is 31.2 Å². The van der Waals surface area contributed by atoms with Crippen LogP contribution in [0.3, 0.4) is 0 Å². The van der Waals surface area contributed by atoms with Crippen molar-refractivity contribution in [2.75, 3.05) is 0 Å². The normalized spacial score (nSPS) is 22.9. The van der Waals surface area contributed by atoms with Gasteiger partial charge in [-0.05, 0) is 55.6 Å². The fourth-order valence-corrected chi connectivity index (χ4v) is 2.89. The van der Waals surface area contributed by atoms with Crippen molar-refractivity contribution in [3.8, 4) is 0 Å². The Balaban J connectivity index is 2.17. The highest BCUT2D eigenvalue weighted by Crippen LogP contribution is 2.29. The van der Waals surface area contributed by atoms with Crippen LogP contribution in [-0.2, 0) is 11.3 Å². The number of aryl methyl sites for hydroxylation is 1. The summed E-state index contributed by atoms with van der Waals surface area (Å²) in [5.74, 6) is 0. The van der Waals surface area contributed by atoms with Gasteiger partial charge in [0, 0.05) is 16.2 Å². The SMILES string of the molecule is Cc1cc(Br)cn(CC2CCC(C)(C)O2)c1=O. The van der Waals surface area contributed by atoms with E-state index in [1.165, 1.54) is 0 Å². The van der Waals surface area contributed by atoms with Crippen molar-refractivity contribution in [3.05, 3.63) is 32.7 Å². The minimum absolute atomic E-state index is 0.0463. The van der Waals surface area contributed by atoms with Gasteiger partial charge in [-0.25, -0.2) is 0 Å². The Hall–Kier alpha value is -0.610. The Kier molecular flexibility index (Phi) is 3.46. The predicted octanol–water partition coefficient (Wildman–Crippen LogP) is 2.88. The van der Waals surface area contributed by atoms with Crippen molar-refractivity contribution in [1.82, 2.24) is 4.57 Å². The van der Waals surface area contributed by atoms with Crippen LogP contribution in [0.5, 0.6) is 0 Å². The van der Waals surface area contributed by atoms with Crippen molar-refractivity contribution < 1.29 is 4.74 Å². The summed E-state index contributed by atoms with van der Waals surface area (Å²) in [6, 6.07) is 1.85. The van der Waals surface area contributed by atoms with Gasteiger partial charge in [-0.3, -0.25) is 4.79 Å². The third-order valence-electron chi connectivity index (χ3n) is 3.19. The van der Waals surface area contributed by atoms with E-state index in [1.807, 2.05) is 19.2 Å². The first kappa shape index (κ1) is 12.8. The molecule has 1 unspecified atom stereocenters. The Morgan fingerprint density at radius 2 is 2.29 bits per heavy atom. The molecule has 94 valence electrons. The summed E-state index contributed by atoms with van der Waals surface area (Å²) in [6.45, 7) is 6.68. The lowest BCUT2D eigenvalue weighted by Gasteiger charge is -2.20. The first-order valence-corrected chi connectivity index (χ1v) is 6.71. The molecule has 0 aliphatic carbocycles. The van der Waals surface area contributed by atoms with E-state index < -0.39 is 0 Å². The number of ether oxygens (including phenoxy) is 1. The average Bonchev–Trinajstić information content (AvgIpc) is 2.54. The summed E-state index contributed by atoms with van der Waals surface area (Å²) in [5, 5.41) is 0. The molecule has 1 fully saturated rings. The molecule has 0 N–H and O–H groups in total. The highest BCUT2D eigenvalue weighted by Gasteiger charge is 2.31. The van der Waals surface area contributed by atoms with E-state index in [2.05, 4.69) is 29.8 Å². The van der Waals surface area contributed by atoms with Crippen LogP contribution in [0, 0.1) is 6.92 Å². The fraction of sp³-hybridized carbons (Fsp3) is 0.615. The number of nitrogens with zero attached hydrogens (tertiary/aromatic N) is 1. The molecular formula is C13H18BrNO2. The maximum Gasteiger partial charge on any atom is 0.253 e. The summed E-state index contributed by atoms with van der Waals surface area (Å²) in [4.78, 5) is 12.0. The van der Waals surface area contributed by atoms with Gasteiger partial charge in [0.1, 0.15) is 0 Å². The number of hydrogen-bond acceptors (Lipinski definition) is 2. The summed E-state index contributed by atoms with van der Waals surface area (Å²) in [7, 11) is 0. The van der Waals surface area contributed by atoms with Crippen LogP contribution in [-0.4, -0.2) is 16.3 Å². The highest BCUT2D eigenvalue weighted by atomic mass is 79.9. The molecule has 0 saturated carbocycles. The van der Waals surface area contributed by atoms with Gasteiger partial charge < -0.3 is 9.30 Å². The third-order valence-corrected chi connectivity index (χ3v) is 3.62. The lowest BCUT2D eigenvalue weighted by Crippen LogP contribution is -2.29. The van der Waals surface area contributed by atoms with E-state index in [1.54, 1.807) is 4.57 Å². The van der Waals surface area contributed by atoms with Crippen molar-refractivity contribution >= 4 is 15.9 Å². The quantitative estimate of drug-likeness (QED) is 0.841. The molecule has 17 heavy (non-hydrogen) atoms. The number of hydrogen-bond donors (Lipinski definition) is 0. The molecule has 2 heterocycles. The van der Waals surface area contributed by atoms with Gasteiger partial charge in [0.05, 0.1) is 18.2 Å². The molecule has 4 heteroatoms. The monoisotopic (exact) mass is 299 g/mol. The van der Waals surface area contributed by atoms with E-state index in [9.17, 15) is 4.79 Å². The third kappa shape index (κ3) is 2.99. The lowest BCUT2D eigenvalue weighted by atomic mass is 10.1. The van der Waals surface area contributed by atoms with E-state index in [0.29, 0.717) is 6.54 Å². The van der Waals surface area contributed by atoms with E-state index in [0.717, 1.165) is 22.9 Å². The Morgan fingerprint density at radius 3 is 2.88 bits per heavy atom. The minimum atomic E-state index is -0.0463. The second-order valence-electron chi connectivity index (χ2n) is 5.34. The zero-order chi connectivity index (χ0) is 12.6.